The molecule has 1 aromatic rings. The van der Waals surface area contributed by atoms with Gasteiger partial charge in [0.2, 0.25) is 0 Å². The fourth-order valence-corrected chi connectivity index (χ4v) is 3.60. The third-order valence-corrected chi connectivity index (χ3v) is 4.57. The fraction of sp³-hybridized carbons (Fsp3) is 0.500. The number of halogens is 1. The van der Waals surface area contributed by atoms with Crippen molar-refractivity contribution < 1.29 is 14.4 Å². The number of nitrogens with zero attached hydrogens (tertiary/aromatic N) is 1. The molecule has 1 fully saturated rings. The van der Waals surface area contributed by atoms with Crippen molar-refractivity contribution in [2.75, 3.05) is 14.2 Å². The minimum atomic E-state index is -0.480. The number of hydroxylamine groups is 2. The van der Waals surface area contributed by atoms with E-state index in [4.69, 9.17) is 9.57 Å². The lowest BCUT2D eigenvalue weighted by Crippen LogP contribution is -2.32. The van der Waals surface area contributed by atoms with Gasteiger partial charge in [0.1, 0.15) is 0 Å². The van der Waals surface area contributed by atoms with Gasteiger partial charge >= 0.3 is 5.97 Å². The summed E-state index contributed by atoms with van der Waals surface area (Å²) < 4.78 is 5.90. The lowest BCUT2D eigenvalue weighted by Gasteiger charge is -2.30. The first-order valence-corrected chi connectivity index (χ1v) is 7.17. The summed E-state index contributed by atoms with van der Waals surface area (Å²) in [7, 11) is 3.29. The third-order valence-electron chi connectivity index (χ3n) is 4.07. The maximum Gasteiger partial charge on any atom is 0.337 e. The molecule has 0 spiro atoms. The van der Waals surface area contributed by atoms with E-state index in [-0.39, 0.29) is 17.9 Å². The second-order valence-electron chi connectivity index (χ2n) is 5.09. The predicted molar refractivity (Wildman–Crippen MR) is 73.3 cm³/mol. The molecular formula is C14H16BrNO3. The molecule has 1 heterocycles. The molecule has 3 rings (SSSR count). The number of ether oxygens (including phenoxy) is 1. The van der Waals surface area contributed by atoms with Crippen LogP contribution in [0, 0.1) is 5.92 Å². The smallest absolute Gasteiger partial charge is 0.337 e. The van der Waals surface area contributed by atoms with Crippen molar-refractivity contribution in [1.82, 2.24) is 5.06 Å². The van der Waals surface area contributed by atoms with Crippen molar-refractivity contribution >= 4 is 21.9 Å². The standard InChI is InChI=1S/C14H16BrNO3/c1-16-12-10(13(19-16)14(17)18-2)6-4-8-3-5-9(15)7-11(8)12/h3,5,7,10,12-13H,4,6H2,1-2H3/t10-,12-,13+/m0/s1. The molecule has 0 bridgehead atoms. The Morgan fingerprint density at radius 3 is 3.05 bits per heavy atom. The maximum absolute atomic E-state index is 11.8. The average Bonchev–Trinajstić information content (AvgIpc) is 2.75. The number of aryl methyl sites for hydroxylation is 1. The largest absolute Gasteiger partial charge is 0.467 e. The summed E-state index contributed by atoms with van der Waals surface area (Å²) in [5.41, 5.74) is 2.59. The molecule has 3 atom stereocenters. The van der Waals surface area contributed by atoms with Crippen LogP contribution in [0.4, 0.5) is 0 Å². The molecule has 0 amide bonds. The van der Waals surface area contributed by atoms with Gasteiger partial charge in [-0.3, -0.25) is 4.84 Å². The first kappa shape index (κ1) is 13.1. The minimum absolute atomic E-state index is 0.130. The number of carbonyl (C=O) groups excluding carboxylic acids is 1. The van der Waals surface area contributed by atoms with E-state index in [1.807, 2.05) is 7.05 Å². The van der Waals surface area contributed by atoms with Crippen LogP contribution in [0.5, 0.6) is 0 Å². The van der Waals surface area contributed by atoms with Gasteiger partial charge in [0.05, 0.1) is 13.2 Å². The minimum Gasteiger partial charge on any atom is -0.467 e. The molecule has 102 valence electrons. The van der Waals surface area contributed by atoms with Crippen LogP contribution in [-0.2, 0) is 20.8 Å². The Labute approximate surface area is 120 Å². The molecule has 0 N–H and O–H groups in total. The van der Waals surface area contributed by atoms with Crippen LogP contribution in [-0.4, -0.2) is 31.3 Å². The zero-order valence-electron chi connectivity index (χ0n) is 10.9. The normalized spacial score (nSPS) is 29.7. The number of carbonyl (C=O) groups is 1. The Kier molecular flexibility index (Phi) is 3.37. The van der Waals surface area contributed by atoms with E-state index >= 15 is 0 Å². The van der Waals surface area contributed by atoms with Crippen LogP contribution in [0.25, 0.3) is 0 Å². The van der Waals surface area contributed by atoms with Gasteiger partial charge in [-0.05, 0) is 36.1 Å². The van der Waals surface area contributed by atoms with Gasteiger partial charge in [-0.25, -0.2) is 4.79 Å². The highest BCUT2D eigenvalue weighted by molar-refractivity contribution is 9.10. The van der Waals surface area contributed by atoms with Gasteiger partial charge in [0, 0.05) is 17.4 Å². The molecule has 0 saturated carbocycles. The van der Waals surface area contributed by atoms with Gasteiger partial charge in [0.15, 0.2) is 6.10 Å². The van der Waals surface area contributed by atoms with Crippen molar-refractivity contribution in [3.8, 4) is 0 Å². The van der Waals surface area contributed by atoms with Crippen LogP contribution in [0.3, 0.4) is 0 Å². The SMILES string of the molecule is COC(=O)[C@@H]1ON(C)[C@@H]2c3cc(Br)ccc3CC[C@@H]21. The highest BCUT2D eigenvalue weighted by atomic mass is 79.9. The van der Waals surface area contributed by atoms with E-state index in [1.54, 1.807) is 5.06 Å². The molecule has 0 unspecified atom stereocenters. The summed E-state index contributed by atoms with van der Waals surface area (Å²) in [6.07, 6.45) is 1.45. The fourth-order valence-electron chi connectivity index (χ4n) is 3.22. The number of benzene rings is 1. The van der Waals surface area contributed by atoms with E-state index in [1.165, 1.54) is 18.2 Å². The van der Waals surface area contributed by atoms with Crippen molar-refractivity contribution in [2.24, 2.45) is 5.92 Å². The Bertz CT molecular complexity index is 519. The molecule has 1 aliphatic heterocycles. The number of rotatable bonds is 1. The van der Waals surface area contributed by atoms with Gasteiger partial charge in [-0.1, -0.05) is 22.0 Å². The molecule has 2 aliphatic rings. The Hall–Kier alpha value is -0.910. The summed E-state index contributed by atoms with van der Waals surface area (Å²) in [4.78, 5) is 17.5. The number of fused-ring (bicyclic) bond motifs is 3. The third kappa shape index (κ3) is 2.10. The number of hydrogen-bond acceptors (Lipinski definition) is 4. The van der Waals surface area contributed by atoms with Crippen LogP contribution in [0.2, 0.25) is 0 Å². The lowest BCUT2D eigenvalue weighted by atomic mass is 9.78. The summed E-state index contributed by atoms with van der Waals surface area (Å²) in [5, 5.41) is 1.80. The van der Waals surface area contributed by atoms with Crippen LogP contribution in [0.15, 0.2) is 22.7 Å². The molecule has 5 heteroatoms. The van der Waals surface area contributed by atoms with Gasteiger partial charge in [-0.2, -0.15) is 5.06 Å². The van der Waals surface area contributed by atoms with Crippen molar-refractivity contribution in [3.63, 3.8) is 0 Å². The molecule has 4 nitrogen and oxygen atoms in total. The zero-order valence-corrected chi connectivity index (χ0v) is 12.5. The topological polar surface area (TPSA) is 38.8 Å². The quantitative estimate of drug-likeness (QED) is 0.743. The Balaban J connectivity index is 1.99. The summed E-state index contributed by atoms with van der Waals surface area (Å²) >= 11 is 3.51. The second-order valence-corrected chi connectivity index (χ2v) is 6.00. The second kappa shape index (κ2) is 4.89. The maximum atomic E-state index is 11.8. The molecule has 1 aromatic carbocycles. The van der Waals surface area contributed by atoms with Crippen LogP contribution < -0.4 is 0 Å². The molecule has 0 aromatic heterocycles. The molecule has 19 heavy (non-hydrogen) atoms. The number of hydrogen-bond donors (Lipinski definition) is 0. The zero-order chi connectivity index (χ0) is 13.6. The van der Waals surface area contributed by atoms with Crippen LogP contribution in [0.1, 0.15) is 23.6 Å². The van der Waals surface area contributed by atoms with Crippen molar-refractivity contribution in [1.29, 1.82) is 0 Å². The first-order valence-electron chi connectivity index (χ1n) is 6.37. The van der Waals surface area contributed by atoms with Gasteiger partial charge < -0.3 is 4.74 Å². The monoisotopic (exact) mass is 325 g/mol. The van der Waals surface area contributed by atoms with E-state index in [0.717, 1.165) is 17.3 Å². The Morgan fingerprint density at radius 2 is 2.32 bits per heavy atom. The molecule has 0 radical (unpaired) electrons. The Morgan fingerprint density at radius 1 is 1.53 bits per heavy atom. The lowest BCUT2D eigenvalue weighted by molar-refractivity contribution is -0.180. The number of esters is 1. The average molecular weight is 326 g/mol. The summed E-state index contributed by atoms with van der Waals surface area (Å²) in [6.45, 7) is 0. The van der Waals surface area contributed by atoms with Crippen LogP contribution >= 0.6 is 15.9 Å². The summed E-state index contributed by atoms with van der Waals surface area (Å²) in [5.74, 6) is -0.114. The molecular weight excluding hydrogens is 310 g/mol. The van der Waals surface area contributed by atoms with E-state index in [9.17, 15) is 4.79 Å². The molecule has 1 saturated heterocycles. The molecule has 1 aliphatic carbocycles. The van der Waals surface area contributed by atoms with E-state index < -0.39 is 6.10 Å². The first-order chi connectivity index (χ1) is 9.11. The number of methoxy groups -OCH3 is 1. The highest BCUT2D eigenvalue weighted by Gasteiger charge is 2.48. The predicted octanol–water partition coefficient (Wildman–Crippen LogP) is 2.47. The van der Waals surface area contributed by atoms with Gasteiger partial charge in [-0.15, -0.1) is 0 Å². The van der Waals surface area contributed by atoms with Crippen molar-refractivity contribution in [2.45, 2.75) is 25.0 Å². The van der Waals surface area contributed by atoms with E-state index in [2.05, 4.69) is 34.1 Å². The van der Waals surface area contributed by atoms with Crippen molar-refractivity contribution in [3.05, 3.63) is 33.8 Å². The van der Waals surface area contributed by atoms with E-state index in [0.29, 0.717) is 0 Å². The summed E-state index contributed by atoms with van der Waals surface area (Å²) in [6, 6.07) is 6.47. The van der Waals surface area contributed by atoms with Gasteiger partial charge in [0.25, 0.3) is 0 Å². The highest BCUT2D eigenvalue weighted by Crippen LogP contribution is 2.46.